The molecular weight excluding hydrogens is 288 g/mol. The molecule has 2 aromatic rings. The summed E-state index contributed by atoms with van der Waals surface area (Å²) >= 11 is 0. The molecule has 0 N–H and O–H groups in total. The van der Waals surface area contributed by atoms with Gasteiger partial charge in [-0.1, -0.05) is 66.7 Å². The molecular formula is C20H20O3. The van der Waals surface area contributed by atoms with E-state index >= 15 is 0 Å². The smallest absolute Gasteiger partial charge is 0.341 e. The van der Waals surface area contributed by atoms with Crippen LogP contribution < -0.4 is 0 Å². The standard InChI is InChI=1S/C20H20O3/c1-3-17(20(22)23-2)19(21)14-18(15-10-6-4-7-11-15)16-12-8-5-9-13-16/h3-13,18H,14H2,1-2H3. The van der Waals surface area contributed by atoms with E-state index in [1.165, 1.54) is 13.2 Å². The number of methoxy groups -OCH3 is 1. The summed E-state index contributed by atoms with van der Waals surface area (Å²) < 4.78 is 4.69. The Morgan fingerprint density at radius 2 is 1.43 bits per heavy atom. The fraction of sp³-hybridized carbons (Fsp3) is 0.200. The molecule has 2 rings (SSSR count). The molecule has 0 aliphatic carbocycles. The highest BCUT2D eigenvalue weighted by molar-refractivity contribution is 6.17. The molecule has 0 atom stereocenters. The summed E-state index contributed by atoms with van der Waals surface area (Å²) in [4.78, 5) is 24.3. The second-order valence-corrected chi connectivity index (χ2v) is 5.20. The van der Waals surface area contributed by atoms with Crippen molar-refractivity contribution in [3.8, 4) is 0 Å². The van der Waals surface area contributed by atoms with E-state index in [1.807, 2.05) is 60.7 Å². The number of esters is 1. The molecule has 0 unspecified atom stereocenters. The van der Waals surface area contributed by atoms with Crippen molar-refractivity contribution in [2.75, 3.05) is 7.11 Å². The third kappa shape index (κ3) is 4.16. The SMILES string of the molecule is CC=C(C(=O)CC(c1ccccc1)c1ccccc1)C(=O)OC. The second-order valence-electron chi connectivity index (χ2n) is 5.20. The lowest BCUT2D eigenvalue weighted by Gasteiger charge is -2.18. The van der Waals surface area contributed by atoms with Gasteiger partial charge in [0.25, 0.3) is 0 Å². The van der Waals surface area contributed by atoms with Crippen molar-refractivity contribution in [1.82, 2.24) is 0 Å². The maximum atomic E-state index is 12.6. The number of Topliss-reactive ketones (excluding diaryl/α,β-unsaturated/α-hetero) is 1. The fourth-order valence-corrected chi connectivity index (χ4v) is 2.60. The molecule has 0 spiro atoms. The van der Waals surface area contributed by atoms with Gasteiger partial charge in [0.1, 0.15) is 0 Å². The lowest BCUT2D eigenvalue weighted by molar-refractivity contribution is -0.137. The normalized spacial score (nSPS) is 11.3. The Balaban J connectivity index is 2.33. The van der Waals surface area contributed by atoms with Crippen LogP contribution in [0.5, 0.6) is 0 Å². The minimum atomic E-state index is -0.586. The van der Waals surface area contributed by atoms with Crippen LogP contribution in [0, 0.1) is 0 Å². The summed E-state index contributed by atoms with van der Waals surface area (Å²) in [6.45, 7) is 1.67. The highest BCUT2D eigenvalue weighted by Gasteiger charge is 2.23. The Morgan fingerprint density at radius 3 is 1.83 bits per heavy atom. The van der Waals surface area contributed by atoms with Gasteiger partial charge in [-0.05, 0) is 18.1 Å². The molecule has 0 radical (unpaired) electrons. The molecule has 0 aliphatic rings. The molecule has 0 fully saturated rings. The Bertz CT molecular complexity index is 648. The first-order valence-electron chi connectivity index (χ1n) is 7.55. The zero-order valence-electron chi connectivity index (χ0n) is 13.4. The van der Waals surface area contributed by atoms with Gasteiger partial charge in [-0.15, -0.1) is 0 Å². The average molecular weight is 308 g/mol. The maximum absolute atomic E-state index is 12.6. The molecule has 0 heterocycles. The van der Waals surface area contributed by atoms with Crippen LogP contribution in [0.1, 0.15) is 30.4 Å². The number of carbonyl (C=O) groups excluding carboxylic acids is 2. The molecule has 0 saturated heterocycles. The van der Waals surface area contributed by atoms with Crippen LogP contribution in [0.15, 0.2) is 72.3 Å². The van der Waals surface area contributed by atoms with E-state index in [0.29, 0.717) is 0 Å². The van der Waals surface area contributed by atoms with E-state index in [4.69, 9.17) is 0 Å². The van der Waals surface area contributed by atoms with Gasteiger partial charge in [0.15, 0.2) is 5.78 Å². The summed E-state index contributed by atoms with van der Waals surface area (Å²) in [6, 6.07) is 19.7. The van der Waals surface area contributed by atoms with E-state index in [9.17, 15) is 9.59 Å². The van der Waals surface area contributed by atoms with Crippen LogP contribution in [0.2, 0.25) is 0 Å². The number of ketones is 1. The predicted octanol–water partition coefficient (Wildman–Crippen LogP) is 3.90. The maximum Gasteiger partial charge on any atom is 0.341 e. The van der Waals surface area contributed by atoms with Crippen LogP contribution in [-0.4, -0.2) is 18.9 Å². The number of hydrogen-bond acceptors (Lipinski definition) is 3. The predicted molar refractivity (Wildman–Crippen MR) is 90.1 cm³/mol. The van der Waals surface area contributed by atoms with Crippen LogP contribution in [0.3, 0.4) is 0 Å². The molecule has 0 saturated carbocycles. The second kappa shape index (κ2) is 8.08. The zero-order valence-corrected chi connectivity index (χ0v) is 13.4. The van der Waals surface area contributed by atoms with Gasteiger partial charge in [-0.2, -0.15) is 0 Å². The van der Waals surface area contributed by atoms with Crippen molar-refractivity contribution < 1.29 is 14.3 Å². The first-order valence-corrected chi connectivity index (χ1v) is 7.55. The van der Waals surface area contributed by atoms with Crippen molar-refractivity contribution in [3.63, 3.8) is 0 Å². The average Bonchev–Trinajstić information content (AvgIpc) is 2.61. The molecule has 0 amide bonds. The van der Waals surface area contributed by atoms with Crippen molar-refractivity contribution >= 4 is 11.8 Å². The van der Waals surface area contributed by atoms with Gasteiger partial charge in [-0.25, -0.2) is 4.79 Å². The van der Waals surface area contributed by atoms with Crippen LogP contribution >= 0.6 is 0 Å². The van der Waals surface area contributed by atoms with Crippen molar-refractivity contribution in [1.29, 1.82) is 0 Å². The number of rotatable bonds is 6. The zero-order chi connectivity index (χ0) is 16.7. The number of allylic oxidation sites excluding steroid dienone is 1. The van der Waals surface area contributed by atoms with Gasteiger partial charge in [0.2, 0.25) is 0 Å². The van der Waals surface area contributed by atoms with Crippen LogP contribution in [0.4, 0.5) is 0 Å². The molecule has 0 aliphatic heterocycles. The van der Waals surface area contributed by atoms with Crippen LogP contribution in [0.25, 0.3) is 0 Å². The lowest BCUT2D eigenvalue weighted by atomic mass is 9.85. The van der Waals surface area contributed by atoms with Gasteiger partial charge < -0.3 is 4.74 Å². The van der Waals surface area contributed by atoms with E-state index in [2.05, 4.69) is 4.74 Å². The van der Waals surface area contributed by atoms with E-state index < -0.39 is 5.97 Å². The van der Waals surface area contributed by atoms with Gasteiger partial charge in [-0.3, -0.25) is 4.79 Å². The Labute approximate surface area is 136 Å². The Hall–Kier alpha value is -2.68. The van der Waals surface area contributed by atoms with Gasteiger partial charge in [0, 0.05) is 12.3 Å². The minimum absolute atomic E-state index is 0.0930. The summed E-state index contributed by atoms with van der Waals surface area (Å²) in [7, 11) is 1.28. The number of carbonyl (C=O) groups is 2. The van der Waals surface area contributed by atoms with Gasteiger partial charge >= 0.3 is 5.97 Å². The Morgan fingerprint density at radius 1 is 0.957 bits per heavy atom. The molecule has 0 aromatic heterocycles. The molecule has 3 nitrogen and oxygen atoms in total. The number of hydrogen-bond donors (Lipinski definition) is 0. The number of benzene rings is 2. The Kier molecular flexibility index (Phi) is 5.87. The quantitative estimate of drug-likeness (QED) is 0.352. The third-order valence-corrected chi connectivity index (χ3v) is 3.79. The van der Waals surface area contributed by atoms with Crippen molar-refractivity contribution in [3.05, 3.63) is 83.4 Å². The topological polar surface area (TPSA) is 43.4 Å². The highest BCUT2D eigenvalue weighted by atomic mass is 16.5. The largest absolute Gasteiger partial charge is 0.465 e. The fourth-order valence-electron chi connectivity index (χ4n) is 2.60. The molecule has 3 heteroatoms. The van der Waals surface area contributed by atoms with E-state index in [-0.39, 0.29) is 23.7 Å². The number of ether oxygens (including phenoxy) is 1. The lowest BCUT2D eigenvalue weighted by Crippen LogP contribution is -2.17. The van der Waals surface area contributed by atoms with Gasteiger partial charge in [0.05, 0.1) is 12.7 Å². The summed E-state index contributed by atoms with van der Waals surface area (Å²) in [5, 5.41) is 0. The monoisotopic (exact) mass is 308 g/mol. The summed E-state index contributed by atoms with van der Waals surface area (Å²) in [5.41, 5.74) is 2.20. The first-order chi connectivity index (χ1) is 11.2. The first kappa shape index (κ1) is 16.7. The molecule has 118 valence electrons. The molecule has 0 bridgehead atoms. The summed E-state index contributed by atoms with van der Waals surface area (Å²) in [5.74, 6) is -0.890. The van der Waals surface area contributed by atoms with E-state index in [1.54, 1.807) is 6.92 Å². The van der Waals surface area contributed by atoms with Crippen molar-refractivity contribution in [2.24, 2.45) is 0 Å². The van der Waals surface area contributed by atoms with Crippen molar-refractivity contribution in [2.45, 2.75) is 19.3 Å². The summed E-state index contributed by atoms with van der Waals surface area (Å²) in [6.07, 6.45) is 1.74. The van der Waals surface area contributed by atoms with E-state index in [0.717, 1.165) is 11.1 Å². The molecule has 2 aromatic carbocycles. The van der Waals surface area contributed by atoms with Crippen LogP contribution in [-0.2, 0) is 14.3 Å². The molecule has 23 heavy (non-hydrogen) atoms. The third-order valence-electron chi connectivity index (χ3n) is 3.79. The highest BCUT2D eigenvalue weighted by Crippen LogP contribution is 2.29. The minimum Gasteiger partial charge on any atom is -0.465 e.